The lowest BCUT2D eigenvalue weighted by molar-refractivity contribution is -0.183. The van der Waals surface area contributed by atoms with E-state index in [-0.39, 0.29) is 89.1 Å². The molecule has 2 aromatic heterocycles. The van der Waals surface area contributed by atoms with Gasteiger partial charge in [-0.15, -0.1) is 0 Å². The van der Waals surface area contributed by atoms with Crippen LogP contribution >= 0.6 is 23.2 Å². The molecule has 9 nitrogen and oxygen atoms in total. The maximum absolute atomic E-state index is 14.9. The van der Waals surface area contributed by atoms with Crippen molar-refractivity contribution in [2.24, 2.45) is 17.3 Å². The molecule has 3 aromatic rings. The van der Waals surface area contributed by atoms with Crippen molar-refractivity contribution in [2.75, 3.05) is 29.9 Å². The highest BCUT2D eigenvalue weighted by molar-refractivity contribution is 6.39. The van der Waals surface area contributed by atoms with Crippen LogP contribution in [0.5, 0.6) is 0 Å². The van der Waals surface area contributed by atoms with Crippen molar-refractivity contribution in [3.8, 4) is 0 Å². The Hall–Kier alpha value is -3.39. The van der Waals surface area contributed by atoms with E-state index in [0.717, 1.165) is 6.07 Å². The maximum Gasteiger partial charge on any atom is 0.391 e. The number of rotatable bonds is 8. The second-order valence-corrected chi connectivity index (χ2v) is 14.3. The number of anilines is 3. The molecule has 1 aliphatic carbocycles. The van der Waals surface area contributed by atoms with E-state index in [1.807, 2.05) is 0 Å². The van der Waals surface area contributed by atoms with Gasteiger partial charge in [0.15, 0.2) is 5.65 Å². The van der Waals surface area contributed by atoms with Gasteiger partial charge >= 0.3 is 6.18 Å². The zero-order chi connectivity index (χ0) is 35.0. The third-order valence-corrected chi connectivity index (χ3v) is 9.68. The second-order valence-electron chi connectivity index (χ2n) is 13.5. The average Bonchev–Trinajstić information content (AvgIpc) is 3.43. The Morgan fingerprint density at radius 1 is 0.979 bits per heavy atom. The van der Waals surface area contributed by atoms with Gasteiger partial charge in [0.2, 0.25) is 11.9 Å². The number of hydrogen-bond acceptors (Lipinski definition) is 6. The first-order valence-electron chi connectivity index (χ1n) is 15.9. The predicted molar refractivity (Wildman–Crippen MR) is 175 cm³/mol. The Kier molecular flexibility index (Phi) is 10.6. The molecule has 0 bridgehead atoms. The normalized spacial score (nSPS) is 19.4. The molecule has 0 atom stereocenters. The highest BCUT2D eigenvalue weighted by atomic mass is 35.5. The molecule has 2 aliphatic rings. The summed E-state index contributed by atoms with van der Waals surface area (Å²) >= 11 is 12.9. The van der Waals surface area contributed by atoms with Crippen LogP contribution in [0.4, 0.5) is 39.4 Å². The molecule has 5 rings (SSSR count). The standard InChI is InChI=1S/C32H38Cl2F5N7O2/c1-31(2,3)29(48)41-15-17-12-21(36)24(34)25(23(17)33)43-30-42-22-13-20(27(44-26(22)45-30)46-10-8-19(35)9-11-46)28(47)40-14-16-4-6-18(7-5-16)32(37,38)39/h12-13,16,18-19H,4-11,14-15H2,1-3H3,(H,40,47)(H,41,48)(H2,42,43,44,45). The number of nitrogens with one attached hydrogen (secondary N) is 4. The molecule has 3 heterocycles. The molecule has 0 spiro atoms. The van der Waals surface area contributed by atoms with E-state index < -0.39 is 35.4 Å². The van der Waals surface area contributed by atoms with Gasteiger partial charge in [-0.25, -0.2) is 13.8 Å². The number of aromatic nitrogens is 3. The number of aromatic amines is 1. The number of piperidine rings is 1. The van der Waals surface area contributed by atoms with Crippen molar-refractivity contribution in [3.63, 3.8) is 0 Å². The Balaban J connectivity index is 1.39. The van der Waals surface area contributed by atoms with Gasteiger partial charge in [-0.05, 0) is 62.1 Å². The SMILES string of the molecule is CC(C)(C)C(=O)NCc1cc(F)c(Cl)c(Nc2nc3nc(N4CCC(F)CC4)c(C(=O)NCC4CCC(C(F)(F)F)CC4)cc3[nH]2)c1Cl. The number of hydrogen-bond donors (Lipinski definition) is 4. The Morgan fingerprint density at radius 3 is 2.27 bits per heavy atom. The molecule has 4 N–H and O–H groups in total. The molecule has 16 heteroatoms. The summed E-state index contributed by atoms with van der Waals surface area (Å²) in [6.45, 7) is 6.01. The molecule has 1 aliphatic heterocycles. The number of fused-ring (bicyclic) bond motifs is 1. The molecule has 262 valence electrons. The largest absolute Gasteiger partial charge is 0.391 e. The number of alkyl halides is 4. The Bertz CT molecular complexity index is 1660. The Morgan fingerprint density at radius 2 is 1.65 bits per heavy atom. The van der Waals surface area contributed by atoms with E-state index in [4.69, 9.17) is 23.2 Å². The van der Waals surface area contributed by atoms with Crippen molar-refractivity contribution in [1.29, 1.82) is 0 Å². The van der Waals surface area contributed by atoms with Gasteiger partial charge in [0.25, 0.3) is 5.91 Å². The molecule has 1 aromatic carbocycles. The van der Waals surface area contributed by atoms with Crippen LogP contribution in [0.25, 0.3) is 11.2 Å². The molecule has 1 saturated carbocycles. The average molecular weight is 719 g/mol. The summed E-state index contributed by atoms with van der Waals surface area (Å²) in [6.07, 6.45) is -3.92. The van der Waals surface area contributed by atoms with Gasteiger partial charge in [0.1, 0.15) is 22.8 Å². The molecular weight excluding hydrogens is 680 g/mol. The van der Waals surface area contributed by atoms with Gasteiger partial charge in [0.05, 0.1) is 27.7 Å². The number of halogens is 7. The zero-order valence-corrected chi connectivity index (χ0v) is 28.3. The lowest BCUT2D eigenvalue weighted by Gasteiger charge is -2.31. The molecular formula is C32H38Cl2F5N7O2. The summed E-state index contributed by atoms with van der Waals surface area (Å²) in [4.78, 5) is 39.8. The van der Waals surface area contributed by atoms with Crippen LogP contribution < -0.4 is 20.9 Å². The third kappa shape index (κ3) is 8.24. The fourth-order valence-corrected chi connectivity index (χ4v) is 6.45. The van der Waals surface area contributed by atoms with Crippen LogP contribution in [0, 0.1) is 23.1 Å². The second kappa shape index (κ2) is 14.2. The first-order valence-corrected chi connectivity index (χ1v) is 16.6. The minimum Gasteiger partial charge on any atom is -0.356 e. The molecule has 2 amide bonds. The quantitative estimate of drug-likeness (QED) is 0.139. The minimum absolute atomic E-state index is 0.000786. The predicted octanol–water partition coefficient (Wildman–Crippen LogP) is 7.85. The number of amides is 2. The van der Waals surface area contributed by atoms with E-state index in [1.165, 1.54) is 0 Å². The molecule has 2 fully saturated rings. The summed E-state index contributed by atoms with van der Waals surface area (Å²) in [6, 6.07) is 2.69. The highest BCUT2D eigenvalue weighted by Gasteiger charge is 2.41. The van der Waals surface area contributed by atoms with Crippen LogP contribution in [0.1, 0.15) is 75.2 Å². The molecule has 0 radical (unpaired) electrons. The third-order valence-electron chi connectivity index (χ3n) is 8.88. The van der Waals surface area contributed by atoms with Crippen molar-refractivity contribution in [2.45, 2.75) is 78.2 Å². The topological polar surface area (TPSA) is 115 Å². The van der Waals surface area contributed by atoms with Crippen LogP contribution in [-0.4, -0.2) is 58.7 Å². The van der Waals surface area contributed by atoms with E-state index in [9.17, 15) is 31.5 Å². The van der Waals surface area contributed by atoms with E-state index >= 15 is 0 Å². The van der Waals surface area contributed by atoms with Crippen LogP contribution in [0.2, 0.25) is 10.0 Å². The van der Waals surface area contributed by atoms with E-state index in [0.29, 0.717) is 37.3 Å². The summed E-state index contributed by atoms with van der Waals surface area (Å²) < 4.78 is 68.2. The lowest BCUT2D eigenvalue weighted by Crippen LogP contribution is -2.38. The number of carbonyl (C=O) groups is 2. The smallest absolute Gasteiger partial charge is 0.356 e. The van der Waals surface area contributed by atoms with Gasteiger partial charge in [-0.3, -0.25) is 9.59 Å². The first kappa shape index (κ1) is 35.9. The first-order chi connectivity index (χ1) is 22.5. The van der Waals surface area contributed by atoms with E-state index in [1.54, 1.807) is 31.7 Å². The zero-order valence-electron chi connectivity index (χ0n) is 26.8. The van der Waals surface area contributed by atoms with Crippen molar-refractivity contribution < 1.29 is 31.5 Å². The van der Waals surface area contributed by atoms with Gasteiger partial charge in [-0.1, -0.05) is 44.0 Å². The number of pyridine rings is 1. The summed E-state index contributed by atoms with van der Waals surface area (Å²) in [5.41, 5.74) is 0.347. The van der Waals surface area contributed by atoms with Gasteiger partial charge in [-0.2, -0.15) is 18.2 Å². The number of imidazole rings is 1. The Labute approximate surface area is 284 Å². The van der Waals surface area contributed by atoms with Crippen molar-refractivity contribution >= 4 is 63.6 Å². The minimum atomic E-state index is -4.22. The summed E-state index contributed by atoms with van der Waals surface area (Å²) in [5, 5.41) is 8.24. The van der Waals surface area contributed by atoms with Crippen LogP contribution in [-0.2, 0) is 11.3 Å². The van der Waals surface area contributed by atoms with Crippen LogP contribution in [0.3, 0.4) is 0 Å². The highest BCUT2D eigenvalue weighted by Crippen LogP contribution is 2.40. The summed E-state index contributed by atoms with van der Waals surface area (Å²) in [5.74, 6) is -2.53. The van der Waals surface area contributed by atoms with E-state index in [2.05, 4.69) is 30.9 Å². The molecule has 1 saturated heterocycles. The molecule has 48 heavy (non-hydrogen) atoms. The number of nitrogens with zero attached hydrogens (tertiary/aromatic N) is 3. The van der Waals surface area contributed by atoms with Gasteiger partial charge in [0, 0.05) is 31.6 Å². The van der Waals surface area contributed by atoms with Gasteiger partial charge < -0.3 is 25.8 Å². The maximum atomic E-state index is 14.9. The number of H-pyrrole nitrogens is 1. The monoisotopic (exact) mass is 717 g/mol. The summed E-state index contributed by atoms with van der Waals surface area (Å²) in [7, 11) is 0. The lowest BCUT2D eigenvalue weighted by atomic mass is 9.81. The number of carbonyl (C=O) groups excluding carboxylic acids is 2. The number of benzene rings is 1. The fraction of sp³-hybridized carbons (Fsp3) is 0.562. The fourth-order valence-electron chi connectivity index (χ4n) is 5.94. The van der Waals surface area contributed by atoms with Crippen LogP contribution in [0.15, 0.2) is 12.1 Å². The van der Waals surface area contributed by atoms with Crippen molar-refractivity contribution in [1.82, 2.24) is 25.6 Å². The van der Waals surface area contributed by atoms with Crippen molar-refractivity contribution in [3.05, 3.63) is 39.1 Å². The molecule has 0 unspecified atom stereocenters.